The van der Waals surface area contributed by atoms with E-state index < -0.39 is 0 Å². The van der Waals surface area contributed by atoms with Crippen LogP contribution in [0.1, 0.15) is 5.69 Å². The monoisotopic (exact) mass is 171 g/mol. The molecule has 1 amide bonds. The van der Waals surface area contributed by atoms with Gasteiger partial charge in [-0.2, -0.15) is 0 Å². The third-order valence-electron chi connectivity index (χ3n) is 1.01. The SMILES string of the molecule is Cc1cc(Cl)nc(NC=O)n1. The van der Waals surface area contributed by atoms with E-state index in [-0.39, 0.29) is 5.95 Å². The zero-order chi connectivity index (χ0) is 8.27. The van der Waals surface area contributed by atoms with Gasteiger partial charge in [-0.25, -0.2) is 9.97 Å². The quantitative estimate of drug-likeness (QED) is 0.534. The highest BCUT2D eigenvalue weighted by molar-refractivity contribution is 6.29. The van der Waals surface area contributed by atoms with Crippen molar-refractivity contribution in [3.8, 4) is 0 Å². The molecule has 1 aromatic heterocycles. The van der Waals surface area contributed by atoms with Crippen molar-refractivity contribution in [1.29, 1.82) is 0 Å². The highest BCUT2D eigenvalue weighted by Crippen LogP contribution is 2.08. The maximum Gasteiger partial charge on any atom is 0.230 e. The number of aryl methyl sites for hydroxylation is 1. The van der Waals surface area contributed by atoms with Gasteiger partial charge >= 0.3 is 0 Å². The number of carbonyl (C=O) groups is 1. The number of rotatable bonds is 2. The van der Waals surface area contributed by atoms with Gasteiger partial charge in [0.1, 0.15) is 5.15 Å². The maximum absolute atomic E-state index is 9.96. The summed E-state index contributed by atoms with van der Waals surface area (Å²) in [5, 5.41) is 2.62. The highest BCUT2D eigenvalue weighted by Gasteiger charge is 1.97. The summed E-state index contributed by atoms with van der Waals surface area (Å²) >= 11 is 5.58. The normalized spacial score (nSPS) is 9.27. The molecule has 0 aliphatic carbocycles. The first-order chi connectivity index (χ1) is 5.22. The molecule has 1 rings (SSSR count). The second kappa shape index (κ2) is 3.30. The number of aromatic nitrogens is 2. The summed E-state index contributed by atoms with van der Waals surface area (Å²) in [4.78, 5) is 17.6. The fraction of sp³-hybridized carbons (Fsp3) is 0.167. The molecule has 0 saturated heterocycles. The highest BCUT2D eigenvalue weighted by atomic mass is 35.5. The first-order valence-corrected chi connectivity index (χ1v) is 3.31. The van der Waals surface area contributed by atoms with Crippen molar-refractivity contribution >= 4 is 24.0 Å². The Labute approximate surface area is 68.6 Å². The van der Waals surface area contributed by atoms with E-state index in [2.05, 4.69) is 15.3 Å². The first kappa shape index (κ1) is 7.94. The average Bonchev–Trinajstić information content (AvgIpc) is 1.85. The predicted molar refractivity (Wildman–Crippen MR) is 41.5 cm³/mol. The van der Waals surface area contributed by atoms with E-state index in [0.717, 1.165) is 0 Å². The van der Waals surface area contributed by atoms with Crippen molar-refractivity contribution in [1.82, 2.24) is 9.97 Å². The summed E-state index contributed by atoms with van der Waals surface area (Å²) < 4.78 is 0. The number of anilines is 1. The number of carbonyl (C=O) groups excluding carboxylic acids is 1. The maximum atomic E-state index is 9.96. The molecule has 1 aromatic rings. The standard InChI is InChI=1S/C6H6ClN3O/c1-4-2-5(7)10-6(9-4)8-3-11/h2-3H,1H3,(H,8,9,10,11). The van der Waals surface area contributed by atoms with Crippen LogP contribution < -0.4 is 5.32 Å². The van der Waals surface area contributed by atoms with E-state index in [0.29, 0.717) is 17.3 Å². The minimum atomic E-state index is 0.227. The Hall–Kier alpha value is -1.16. The van der Waals surface area contributed by atoms with E-state index in [1.54, 1.807) is 13.0 Å². The molecule has 58 valence electrons. The summed E-state index contributed by atoms with van der Waals surface area (Å²) in [5.74, 6) is 0.227. The van der Waals surface area contributed by atoms with Crippen LogP contribution in [0.15, 0.2) is 6.07 Å². The third kappa shape index (κ3) is 2.16. The van der Waals surface area contributed by atoms with E-state index >= 15 is 0 Å². The van der Waals surface area contributed by atoms with Gasteiger partial charge in [0.15, 0.2) is 0 Å². The van der Waals surface area contributed by atoms with E-state index in [4.69, 9.17) is 11.6 Å². The van der Waals surface area contributed by atoms with Gasteiger partial charge in [-0.1, -0.05) is 11.6 Å². The minimum Gasteiger partial charge on any atom is -0.297 e. The van der Waals surface area contributed by atoms with E-state index in [1.165, 1.54) is 0 Å². The summed E-state index contributed by atoms with van der Waals surface area (Å²) in [5.41, 5.74) is 0.717. The Morgan fingerprint density at radius 1 is 1.64 bits per heavy atom. The largest absolute Gasteiger partial charge is 0.297 e. The van der Waals surface area contributed by atoms with Gasteiger partial charge in [0.05, 0.1) is 0 Å². The molecule has 0 saturated carbocycles. The van der Waals surface area contributed by atoms with Crippen LogP contribution >= 0.6 is 11.6 Å². The zero-order valence-corrected chi connectivity index (χ0v) is 6.59. The summed E-state index contributed by atoms with van der Waals surface area (Å²) in [6, 6.07) is 1.61. The van der Waals surface area contributed by atoms with E-state index in [1.807, 2.05) is 0 Å². The second-order valence-corrected chi connectivity index (χ2v) is 2.31. The van der Waals surface area contributed by atoms with Crippen LogP contribution in [-0.2, 0) is 4.79 Å². The molecule has 0 aromatic carbocycles. The molecule has 1 N–H and O–H groups in total. The topological polar surface area (TPSA) is 54.9 Å². The van der Waals surface area contributed by atoms with Crippen LogP contribution in [0.2, 0.25) is 5.15 Å². The third-order valence-corrected chi connectivity index (χ3v) is 1.20. The Morgan fingerprint density at radius 3 is 2.91 bits per heavy atom. The molecular formula is C6H6ClN3O. The van der Waals surface area contributed by atoms with Crippen molar-refractivity contribution in [2.45, 2.75) is 6.92 Å². The number of hydrogen-bond donors (Lipinski definition) is 1. The molecule has 0 spiro atoms. The fourth-order valence-electron chi connectivity index (χ4n) is 0.647. The van der Waals surface area contributed by atoms with Gasteiger partial charge in [-0.15, -0.1) is 0 Å². The lowest BCUT2D eigenvalue weighted by molar-refractivity contribution is -0.105. The van der Waals surface area contributed by atoms with Gasteiger partial charge in [0.25, 0.3) is 0 Å². The molecule has 0 unspecified atom stereocenters. The lowest BCUT2D eigenvalue weighted by atomic mass is 10.5. The minimum absolute atomic E-state index is 0.227. The van der Waals surface area contributed by atoms with Crippen LogP contribution in [0.4, 0.5) is 5.95 Å². The van der Waals surface area contributed by atoms with Crippen LogP contribution in [0.3, 0.4) is 0 Å². The fourth-order valence-corrected chi connectivity index (χ4v) is 0.885. The molecule has 0 aliphatic rings. The first-order valence-electron chi connectivity index (χ1n) is 2.94. The lowest BCUT2D eigenvalue weighted by Gasteiger charge is -1.97. The number of hydrogen-bond acceptors (Lipinski definition) is 3. The van der Waals surface area contributed by atoms with Crippen LogP contribution in [0.5, 0.6) is 0 Å². The van der Waals surface area contributed by atoms with Crippen LogP contribution in [0, 0.1) is 6.92 Å². The Balaban J connectivity index is 2.98. The van der Waals surface area contributed by atoms with Crippen molar-refractivity contribution < 1.29 is 4.79 Å². The molecule has 1 heterocycles. The second-order valence-electron chi connectivity index (χ2n) is 1.92. The molecule has 0 radical (unpaired) electrons. The molecule has 11 heavy (non-hydrogen) atoms. The zero-order valence-electron chi connectivity index (χ0n) is 5.84. The van der Waals surface area contributed by atoms with Crippen molar-refractivity contribution in [2.75, 3.05) is 5.32 Å². The molecular weight excluding hydrogens is 166 g/mol. The van der Waals surface area contributed by atoms with E-state index in [9.17, 15) is 4.79 Å². The molecule has 5 heteroatoms. The predicted octanol–water partition coefficient (Wildman–Crippen LogP) is 1.01. The Morgan fingerprint density at radius 2 is 2.36 bits per heavy atom. The number of nitrogens with zero attached hydrogens (tertiary/aromatic N) is 2. The molecule has 0 bridgehead atoms. The van der Waals surface area contributed by atoms with Crippen molar-refractivity contribution in [2.24, 2.45) is 0 Å². The van der Waals surface area contributed by atoms with Gasteiger partial charge < -0.3 is 0 Å². The summed E-state index contributed by atoms with van der Waals surface area (Å²) in [6.45, 7) is 1.77. The Kier molecular flexibility index (Phi) is 2.38. The van der Waals surface area contributed by atoms with Crippen molar-refractivity contribution in [3.63, 3.8) is 0 Å². The summed E-state index contributed by atoms with van der Waals surface area (Å²) in [7, 11) is 0. The molecule has 0 fully saturated rings. The van der Waals surface area contributed by atoms with Gasteiger partial charge in [0, 0.05) is 5.69 Å². The Bertz CT molecular complexity index is 256. The number of nitrogens with one attached hydrogen (secondary N) is 1. The average molecular weight is 172 g/mol. The van der Waals surface area contributed by atoms with Gasteiger partial charge in [-0.3, -0.25) is 10.1 Å². The lowest BCUT2D eigenvalue weighted by Crippen LogP contribution is -2.00. The molecule has 0 aliphatic heterocycles. The van der Waals surface area contributed by atoms with Crippen molar-refractivity contribution in [3.05, 3.63) is 16.9 Å². The summed E-state index contributed by atoms with van der Waals surface area (Å²) in [6.07, 6.45) is 0.505. The van der Waals surface area contributed by atoms with Gasteiger partial charge in [0.2, 0.25) is 12.4 Å². The molecule has 4 nitrogen and oxygen atoms in total. The number of halogens is 1. The van der Waals surface area contributed by atoms with Crippen LogP contribution in [-0.4, -0.2) is 16.4 Å². The van der Waals surface area contributed by atoms with Crippen LogP contribution in [0.25, 0.3) is 0 Å². The van der Waals surface area contributed by atoms with Gasteiger partial charge in [-0.05, 0) is 13.0 Å². The molecule has 0 atom stereocenters. The smallest absolute Gasteiger partial charge is 0.230 e. The number of amides is 1.